The molecule has 0 aromatic carbocycles. The van der Waals surface area contributed by atoms with Gasteiger partial charge in [0, 0.05) is 5.56 Å². The lowest BCUT2D eigenvalue weighted by Gasteiger charge is -2.18. The molecule has 18 heavy (non-hydrogen) atoms. The van der Waals surface area contributed by atoms with Crippen LogP contribution in [0.5, 0.6) is 5.75 Å². The van der Waals surface area contributed by atoms with Gasteiger partial charge in [-0.3, -0.25) is 4.57 Å². The van der Waals surface area contributed by atoms with E-state index in [1.54, 1.807) is 19.9 Å². The van der Waals surface area contributed by atoms with E-state index >= 15 is 0 Å². The zero-order valence-electron chi connectivity index (χ0n) is 10.7. The highest BCUT2D eigenvalue weighted by Gasteiger charge is 2.26. The predicted octanol–water partition coefficient (Wildman–Crippen LogP) is 3.51. The quantitative estimate of drug-likeness (QED) is 0.569. The van der Waals surface area contributed by atoms with Gasteiger partial charge in [-0.25, -0.2) is 4.98 Å². The smallest absolute Gasteiger partial charge is 0.335 e. The number of halogens is 1. The average Bonchev–Trinajstić information content (AvgIpc) is 2.29. The number of pyridine rings is 1. The highest BCUT2D eigenvalue weighted by molar-refractivity contribution is 7.53. The van der Waals surface area contributed by atoms with Gasteiger partial charge in [0.1, 0.15) is 10.9 Å². The van der Waals surface area contributed by atoms with Gasteiger partial charge in [-0.1, -0.05) is 11.6 Å². The number of hydrogen-bond acceptors (Lipinski definition) is 5. The molecule has 0 spiro atoms. The van der Waals surface area contributed by atoms with Crippen molar-refractivity contribution in [3.05, 3.63) is 23.0 Å². The largest absolute Gasteiger partial charge is 0.495 e. The molecule has 1 rings (SSSR count). The van der Waals surface area contributed by atoms with Gasteiger partial charge < -0.3 is 13.8 Å². The van der Waals surface area contributed by atoms with Crippen molar-refractivity contribution in [3.8, 4) is 5.75 Å². The summed E-state index contributed by atoms with van der Waals surface area (Å²) in [6.45, 7) is 4.17. The van der Waals surface area contributed by atoms with Gasteiger partial charge in [0.05, 0.1) is 32.7 Å². The molecule has 0 N–H and O–H groups in total. The lowest BCUT2D eigenvalue weighted by atomic mass is 10.3. The maximum absolute atomic E-state index is 12.4. The fourth-order valence-corrected chi connectivity index (χ4v) is 3.38. The Kier molecular flexibility index (Phi) is 6.09. The van der Waals surface area contributed by atoms with E-state index in [1.807, 2.05) is 0 Å². The van der Waals surface area contributed by atoms with Crippen molar-refractivity contribution >= 4 is 19.2 Å². The molecule has 0 fully saturated rings. The van der Waals surface area contributed by atoms with Crippen molar-refractivity contribution in [2.24, 2.45) is 0 Å². The third-order valence-electron chi connectivity index (χ3n) is 2.15. The fourth-order valence-electron chi connectivity index (χ4n) is 1.49. The maximum Gasteiger partial charge on any atom is 0.335 e. The van der Waals surface area contributed by atoms with Crippen molar-refractivity contribution in [1.29, 1.82) is 0 Å². The minimum Gasteiger partial charge on any atom is -0.495 e. The van der Waals surface area contributed by atoms with Crippen molar-refractivity contribution in [3.63, 3.8) is 0 Å². The Morgan fingerprint density at radius 2 is 1.94 bits per heavy atom. The van der Waals surface area contributed by atoms with Crippen LogP contribution in [0.4, 0.5) is 0 Å². The average molecular weight is 294 g/mol. The molecule has 0 aliphatic rings. The van der Waals surface area contributed by atoms with Crippen LogP contribution in [-0.2, 0) is 19.8 Å². The first-order valence-electron chi connectivity index (χ1n) is 5.61. The Bertz CT molecular complexity index is 431. The van der Waals surface area contributed by atoms with Crippen molar-refractivity contribution in [1.82, 2.24) is 4.98 Å². The zero-order chi connectivity index (χ0) is 13.6. The van der Waals surface area contributed by atoms with E-state index in [0.717, 1.165) is 0 Å². The van der Waals surface area contributed by atoms with Crippen LogP contribution in [0.3, 0.4) is 0 Å². The number of hydrogen-bond donors (Lipinski definition) is 0. The summed E-state index contributed by atoms with van der Waals surface area (Å²) in [6.07, 6.45) is 1.60. The van der Waals surface area contributed by atoms with Crippen molar-refractivity contribution in [2.45, 2.75) is 20.0 Å². The van der Waals surface area contributed by atoms with Crippen LogP contribution >= 0.6 is 19.2 Å². The first-order valence-corrected chi connectivity index (χ1v) is 7.71. The van der Waals surface area contributed by atoms with Crippen LogP contribution in [0, 0.1) is 0 Å². The fraction of sp³-hybridized carbons (Fsp3) is 0.545. The highest BCUT2D eigenvalue weighted by Crippen LogP contribution is 2.52. The molecule has 0 amide bonds. The Hall–Kier alpha value is -0.610. The van der Waals surface area contributed by atoms with E-state index in [-0.39, 0.29) is 6.16 Å². The highest BCUT2D eigenvalue weighted by atomic mass is 35.5. The molecule has 5 nitrogen and oxygen atoms in total. The van der Waals surface area contributed by atoms with Crippen molar-refractivity contribution < 1.29 is 18.3 Å². The Labute approximate surface area is 112 Å². The number of ether oxygens (including phenoxy) is 1. The lowest BCUT2D eigenvalue weighted by molar-refractivity contribution is 0.219. The summed E-state index contributed by atoms with van der Waals surface area (Å²) < 4.78 is 28.0. The summed E-state index contributed by atoms with van der Waals surface area (Å²) in [7, 11) is -1.65. The SMILES string of the molecule is CCOP(=O)(Cc1cc(Cl)ncc1OC)OCC. The van der Waals surface area contributed by atoms with Gasteiger partial charge in [0.2, 0.25) is 0 Å². The first kappa shape index (κ1) is 15.4. The summed E-state index contributed by atoms with van der Waals surface area (Å²) in [5.41, 5.74) is 0.655. The van der Waals surface area contributed by atoms with Gasteiger partial charge >= 0.3 is 7.60 Å². The molecule has 7 heteroatoms. The van der Waals surface area contributed by atoms with Crippen molar-refractivity contribution in [2.75, 3.05) is 20.3 Å². The normalized spacial score (nSPS) is 11.6. The van der Waals surface area contributed by atoms with Crippen LogP contribution in [0.15, 0.2) is 12.3 Å². The maximum atomic E-state index is 12.4. The summed E-state index contributed by atoms with van der Waals surface area (Å²) in [4.78, 5) is 3.90. The van der Waals surface area contributed by atoms with E-state index in [4.69, 9.17) is 25.4 Å². The van der Waals surface area contributed by atoms with E-state index < -0.39 is 7.60 Å². The topological polar surface area (TPSA) is 57.7 Å². The van der Waals surface area contributed by atoms with E-state index in [9.17, 15) is 4.57 Å². The van der Waals surface area contributed by atoms with Gasteiger partial charge in [0.15, 0.2) is 0 Å². The summed E-state index contributed by atoms with van der Waals surface area (Å²) in [5, 5.41) is 0.311. The second kappa shape index (κ2) is 7.10. The number of aromatic nitrogens is 1. The van der Waals surface area contributed by atoms with Crippen LogP contribution in [0.2, 0.25) is 5.15 Å². The molecule has 1 heterocycles. The zero-order valence-corrected chi connectivity index (χ0v) is 12.3. The summed E-state index contributed by atoms with van der Waals surface area (Å²) >= 11 is 5.82. The molecule has 0 unspecified atom stereocenters. The van der Waals surface area contributed by atoms with Gasteiger partial charge in [0.25, 0.3) is 0 Å². The molecule has 0 radical (unpaired) electrons. The first-order chi connectivity index (χ1) is 8.54. The second-order valence-electron chi connectivity index (χ2n) is 3.42. The minimum absolute atomic E-state index is 0.111. The summed E-state index contributed by atoms with van der Waals surface area (Å²) in [5.74, 6) is 0.513. The van der Waals surface area contributed by atoms with E-state index in [0.29, 0.717) is 29.7 Å². The Morgan fingerprint density at radius 1 is 1.33 bits per heavy atom. The van der Waals surface area contributed by atoms with Crippen LogP contribution in [0.25, 0.3) is 0 Å². The van der Waals surface area contributed by atoms with E-state index in [2.05, 4.69) is 4.98 Å². The molecule has 0 aliphatic carbocycles. The molecule has 1 aromatic heterocycles. The minimum atomic E-state index is -3.17. The van der Waals surface area contributed by atoms with Crippen LogP contribution in [-0.4, -0.2) is 25.3 Å². The second-order valence-corrected chi connectivity index (χ2v) is 5.87. The third kappa shape index (κ3) is 4.25. The molecular formula is C11H17ClNO4P. The number of methoxy groups -OCH3 is 1. The molecule has 0 bridgehead atoms. The number of rotatable bonds is 7. The Morgan fingerprint density at radius 3 is 2.44 bits per heavy atom. The summed E-state index contributed by atoms with van der Waals surface area (Å²) in [6, 6.07) is 1.60. The lowest BCUT2D eigenvalue weighted by Crippen LogP contribution is -2.01. The van der Waals surface area contributed by atoms with Gasteiger partial charge in [-0.05, 0) is 19.9 Å². The molecule has 0 aliphatic heterocycles. The van der Waals surface area contributed by atoms with Crippen LogP contribution < -0.4 is 4.74 Å². The number of nitrogens with zero attached hydrogens (tertiary/aromatic N) is 1. The monoisotopic (exact) mass is 293 g/mol. The molecule has 102 valence electrons. The predicted molar refractivity (Wildman–Crippen MR) is 70.4 cm³/mol. The van der Waals surface area contributed by atoms with E-state index in [1.165, 1.54) is 13.3 Å². The van der Waals surface area contributed by atoms with Crippen LogP contribution in [0.1, 0.15) is 19.4 Å². The molecule has 0 saturated heterocycles. The standard InChI is InChI=1S/C11H17ClNO4P/c1-4-16-18(14,17-5-2)8-9-6-11(12)13-7-10(9)15-3/h6-7H,4-5,8H2,1-3H3. The van der Waals surface area contributed by atoms with Gasteiger partial charge in [-0.2, -0.15) is 0 Å². The third-order valence-corrected chi connectivity index (χ3v) is 4.39. The molecular weight excluding hydrogens is 277 g/mol. The molecule has 1 aromatic rings. The molecule has 0 atom stereocenters. The van der Waals surface area contributed by atoms with Gasteiger partial charge in [-0.15, -0.1) is 0 Å². The Balaban J connectivity index is 2.99. The molecule has 0 saturated carbocycles.